The summed E-state index contributed by atoms with van der Waals surface area (Å²) in [6.07, 6.45) is 0. The number of sulfonamides is 1. The third-order valence-corrected chi connectivity index (χ3v) is 5.88. The maximum Gasteiger partial charge on any atom is 0.326 e. The molecule has 0 spiro atoms. The molecule has 11 heteroatoms. The minimum absolute atomic E-state index is 0.0143. The molecule has 2 aromatic carbocycles. The van der Waals surface area contributed by atoms with Crippen LogP contribution >= 0.6 is 0 Å². The number of anilines is 1. The van der Waals surface area contributed by atoms with Crippen LogP contribution < -0.4 is 13.8 Å². The van der Waals surface area contributed by atoms with Crippen LogP contribution in [0.4, 0.5) is 11.4 Å². The molecule has 0 aliphatic rings. The monoisotopic (exact) mass is 424 g/mol. The van der Waals surface area contributed by atoms with E-state index in [1.807, 2.05) is 0 Å². The molecule has 0 N–H and O–H groups in total. The fourth-order valence-electron chi connectivity index (χ4n) is 2.55. The molecule has 0 saturated carbocycles. The molecule has 0 aliphatic heterocycles. The summed E-state index contributed by atoms with van der Waals surface area (Å²) in [5.74, 6) is -0.360. The third-order valence-electron chi connectivity index (χ3n) is 4.12. The van der Waals surface area contributed by atoms with Gasteiger partial charge in [0, 0.05) is 17.7 Å². The van der Waals surface area contributed by atoms with Crippen molar-refractivity contribution >= 4 is 27.4 Å². The normalized spacial score (nSPS) is 10.9. The SMILES string of the molecule is COC(=O)CN(c1cc(OC)ccc1OC)S(=O)(=O)c1ccc(C)c([N+](=O)[O-])c1. The van der Waals surface area contributed by atoms with Crippen molar-refractivity contribution in [3.63, 3.8) is 0 Å². The highest BCUT2D eigenvalue weighted by Crippen LogP contribution is 2.36. The maximum absolute atomic E-state index is 13.3. The summed E-state index contributed by atoms with van der Waals surface area (Å²) in [6, 6.07) is 7.91. The second-order valence-electron chi connectivity index (χ2n) is 5.83. The number of methoxy groups -OCH3 is 3. The second-order valence-corrected chi connectivity index (χ2v) is 7.69. The number of aryl methyl sites for hydroxylation is 1. The molecule has 10 nitrogen and oxygen atoms in total. The lowest BCUT2D eigenvalue weighted by Crippen LogP contribution is -2.36. The molecule has 0 saturated heterocycles. The van der Waals surface area contributed by atoms with Crippen LogP contribution in [0.25, 0.3) is 0 Å². The number of esters is 1. The summed E-state index contributed by atoms with van der Waals surface area (Å²) in [5, 5.41) is 11.2. The Balaban J connectivity index is 2.71. The summed E-state index contributed by atoms with van der Waals surface area (Å²) >= 11 is 0. The number of hydrogen-bond acceptors (Lipinski definition) is 8. The van der Waals surface area contributed by atoms with Gasteiger partial charge in [0.05, 0.1) is 36.8 Å². The summed E-state index contributed by atoms with van der Waals surface area (Å²) in [7, 11) is -0.544. The molecule has 0 unspecified atom stereocenters. The van der Waals surface area contributed by atoms with Crippen LogP contribution in [0.5, 0.6) is 11.5 Å². The molecular formula is C18H20N2O8S. The van der Waals surface area contributed by atoms with E-state index in [0.29, 0.717) is 11.3 Å². The summed E-state index contributed by atoms with van der Waals surface area (Å²) in [5.41, 5.74) is -0.0467. The van der Waals surface area contributed by atoms with Crippen LogP contribution in [0.1, 0.15) is 5.56 Å². The van der Waals surface area contributed by atoms with Crippen LogP contribution in [-0.4, -0.2) is 47.2 Å². The molecule has 0 bridgehead atoms. The topological polar surface area (TPSA) is 125 Å². The number of nitrogens with zero attached hydrogens (tertiary/aromatic N) is 2. The summed E-state index contributed by atoms with van der Waals surface area (Å²) in [4.78, 5) is 22.2. The Kier molecular flexibility index (Phi) is 6.64. The number of carbonyl (C=O) groups excluding carboxylic acids is 1. The number of ether oxygens (including phenoxy) is 3. The highest BCUT2D eigenvalue weighted by atomic mass is 32.2. The van der Waals surface area contributed by atoms with Crippen LogP contribution in [0, 0.1) is 17.0 Å². The first-order chi connectivity index (χ1) is 13.6. The van der Waals surface area contributed by atoms with Crippen molar-refractivity contribution in [2.75, 3.05) is 32.2 Å². The van der Waals surface area contributed by atoms with E-state index in [4.69, 9.17) is 9.47 Å². The van der Waals surface area contributed by atoms with E-state index in [1.54, 1.807) is 6.07 Å². The van der Waals surface area contributed by atoms with E-state index in [1.165, 1.54) is 45.4 Å². The van der Waals surface area contributed by atoms with Gasteiger partial charge in [-0.2, -0.15) is 0 Å². The van der Waals surface area contributed by atoms with E-state index in [-0.39, 0.29) is 22.0 Å². The summed E-state index contributed by atoms with van der Waals surface area (Å²) in [6.45, 7) is 0.815. The first-order valence-electron chi connectivity index (χ1n) is 8.22. The van der Waals surface area contributed by atoms with Crippen LogP contribution in [0.2, 0.25) is 0 Å². The van der Waals surface area contributed by atoms with Gasteiger partial charge in [-0.1, -0.05) is 6.07 Å². The van der Waals surface area contributed by atoms with E-state index in [0.717, 1.165) is 17.5 Å². The van der Waals surface area contributed by atoms with E-state index < -0.39 is 27.5 Å². The predicted octanol–water partition coefficient (Wildman–Crippen LogP) is 2.29. The third kappa shape index (κ3) is 4.57. The number of benzene rings is 2. The van der Waals surface area contributed by atoms with Gasteiger partial charge in [0.15, 0.2) is 0 Å². The zero-order valence-electron chi connectivity index (χ0n) is 16.2. The van der Waals surface area contributed by atoms with Gasteiger partial charge >= 0.3 is 5.97 Å². The average molecular weight is 424 g/mol. The molecule has 0 heterocycles. The number of rotatable bonds is 8. The zero-order chi connectivity index (χ0) is 21.8. The Morgan fingerprint density at radius 2 is 1.79 bits per heavy atom. The Labute approximate surface area is 167 Å². The van der Waals surface area contributed by atoms with Crippen molar-refractivity contribution in [3.05, 3.63) is 52.1 Å². The van der Waals surface area contributed by atoms with Crippen LogP contribution in [0.15, 0.2) is 41.3 Å². The minimum Gasteiger partial charge on any atom is -0.497 e. The molecule has 0 aromatic heterocycles. The van der Waals surface area contributed by atoms with Gasteiger partial charge in [0.25, 0.3) is 15.7 Å². The lowest BCUT2D eigenvalue weighted by Gasteiger charge is -2.25. The van der Waals surface area contributed by atoms with Crippen molar-refractivity contribution in [2.24, 2.45) is 0 Å². The number of hydrogen-bond donors (Lipinski definition) is 0. The Morgan fingerprint density at radius 3 is 2.34 bits per heavy atom. The molecule has 0 radical (unpaired) electrons. The van der Waals surface area contributed by atoms with E-state index >= 15 is 0 Å². The Bertz CT molecular complexity index is 1040. The lowest BCUT2D eigenvalue weighted by atomic mass is 10.2. The number of nitro groups is 1. The van der Waals surface area contributed by atoms with Crippen molar-refractivity contribution in [2.45, 2.75) is 11.8 Å². The maximum atomic E-state index is 13.3. The fraction of sp³-hybridized carbons (Fsp3) is 0.278. The molecule has 2 aromatic rings. The molecule has 0 atom stereocenters. The quantitative estimate of drug-likeness (QED) is 0.359. The van der Waals surface area contributed by atoms with E-state index in [9.17, 15) is 23.3 Å². The molecule has 0 aliphatic carbocycles. The number of nitro benzene ring substituents is 1. The molecule has 156 valence electrons. The Morgan fingerprint density at radius 1 is 1.10 bits per heavy atom. The standard InChI is InChI=1S/C18H20N2O8S/c1-12-5-7-14(10-15(12)20(22)23)29(24,25)19(11-18(21)28-4)16-9-13(26-2)6-8-17(16)27-3/h5-10H,11H2,1-4H3. The highest BCUT2D eigenvalue weighted by Gasteiger charge is 2.31. The first kappa shape index (κ1) is 22.0. The van der Waals surface area contributed by atoms with Gasteiger partial charge in [-0.25, -0.2) is 8.42 Å². The largest absolute Gasteiger partial charge is 0.497 e. The second kappa shape index (κ2) is 8.78. The van der Waals surface area contributed by atoms with Crippen molar-refractivity contribution in [1.29, 1.82) is 0 Å². The van der Waals surface area contributed by atoms with Gasteiger partial charge < -0.3 is 14.2 Å². The van der Waals surface area contributed by atoms with Crippen molar-refractivity contribution in [3.8, 4) is 11.5 Å². The van der Waals surface area contributed by atoms with Gasteiger partial charge in [-0.3, -0.25) is 19.2 Å². The fourth-order valence-corrected chi connectivity index (χ4v) is 3.98. The highest BCUT2D eigenvalue weighted by molar-refractivity contribution is 7.92. The van der Waals surface area contributed by atoms with Gasteiger partial charge in [-0.15, -0.1) is 0 Å². The molecule has 0 fully saturated rings. The minimum atomic E-state index is -4.40. The van der Waals surface area contributed by atoms with Crippen molar-refractivity contribution < 1.29 is 32.3 Å². The van der Waals surface area contributed by atoms with Crippen LogP contribution in [0.3, 0.4) is 0 Å². The van der Waals surface area contributed by atoms with Crippen LogP contribution in [-0.2, 0) is 19.6 Å². The first-order valence-corrected chi connectivity index (χ1v) is 9.66. The molecule has 0 amide bonds. The lowest BCUT2D eigenvalue weighted by molar-refractivity contribution is -0.385. The smallest absolute Gasteiger partial charge is 0.326 e. The van der Waals surface area contributed by atoms with Gasteiger partial charge in [-0.05, 0) is 25.1 Å². The molecule has 29 heavy (non-hydrogen) atoms. The Hall–Kier alpha value is -3.34. The average Bonchev–Trinajstić information content (AvgIpc) is 2.70. The molecule has 2 rings (SSSR count). The van der Waals surface area contributed by atoms with Gasteiger partial charge in [0.1, 0.15) is 18.0 Å². The van der Waals surface area contributed by atoms with Crippen molar-refractivity contribution in [1.82, 2.24) is 0 Å². The molecular weight excluding hydrogens is 404 g/mol. The zero-order valence-corrected chi connectivity index (χ0v) is 17.1. The van der Waals surface area contributed by atoms with E-state index in [2.05, 4.69) is 4.74 Å². The van der Waals surface area contributed by atoms with Gasteiger partial charge in [0.2, 0.25) is 0 Å². The summed E-state index contributed by atoms with van der Waals surface area (Å²) < 4.78 is 42.4. The predicted molar refractivity (Wildman–Crippen MR) is 104 cm³/mol. The number of carbonyl (C=O) groups is 1.